The molecular weight excluding hydrogens is 268 g/mol. The first-order valence-electron chi connectivity index (χ1n) is 5.78. The summed E-state index contributed by atoms with van der Waals surface area (Å²) in [6.07, 6.45) is 2.95. The largest absolute Gasteiger partial charge is 0.478 e. The molecule has 7 heteroatoms. The molecule has 0 saturated heterocycles. The van der Waals surface area contributed by atoms with Crippen LogP contribution in [0.3, 0.4) is 0 Å². The van der Waals surface area contributed by atoms with E-state index in [1.54, 1.807) is 0 Å². The van der Waals surface area contributed by atoms with Crippen molar-refractivity contribution >= 4 is 21.7 Å². The smallest absolute Gasteiger partial charge is 0.337 e. The van der Waals surface area contributed by atoms with Crippen LogP contribution in [0.25, 0.3) is 0 Å². The Hall–Kier alpha value is -1.63. The molecule has 19 heavy (non-hydrogen) atoms. The summed E-state index contributed by atoms with van der Waals surface area (Å²) < 4.78 is 26.0. The van der Waals surface area contributed by atoms with Crippen molar-refractivity contribution in [3.8, 4) is 0 Å². The molecule has 1 heterocycles. The lowest BCUT2D eigenvalue weighted by Gasteiger charge is -2.18. The van der Waals surface area contributed by atoms with Gasteiger partial charge < -0.3 is 5.11 Å². The minimum absolute atomic E-state index is 0.0200. The van der Waals surface area contributed by atoms with Crippen LogP contribution in [-0.4, -0.2) is 30.2 Å². The Bertz CT molecular complexity index is 561. The van der Waals surface area contributed by atoms with Crippen molar-refractivity contribution in [2.75, 3.05) is 10.5 Å². The molecule has 0 aromatic carbocycles. The van der Waals surface area contributed by atoms with Gasteiger partial charge >= 0.3 is 5.97 Å². The molecule has 0 spiro atoms. The first kappa shape index (κ1) is 15.4. The molecule has 1 aromatic rings. The Morgan fingerprint density at radius 2 is 2.00 bits per heavy atom. The molecule has 0 aliphatic heterocycles. The number of hydrogen-bond donors (Lipinski definition) is 2. The number of carboxylic acids is 1. The number of aromatic carboxylic acids is 1. The highest BCUT2D eigenvalue weighted by Gasteiger charge is 2.17. The van der Waals surface area contributed by atoms with Crippen LogP contribution in [0.15, 0.2) is 18.5 Å². The first-order chi connectivity index (χ1) is 8.59. The van der Waals surface area contributed by atoms with Gasteiger partial charge in [-0.2, -0.15) is 0 Å². The molecule has 0 aliphatic rings. The molecule has 0 amide bonds. The predicted molar refractivity (Wildman–Crippen MR) is 72.7 cm³/mol. The number of carboxylic acid groups (broad SMARTS) is 1. The average molecular weight is 286 g/mol. The molecule has 6 nitrogen and oxygen atoms in total. The van der Waals surface area contributed by atoms with Gasteiger partial charge in [0.25, 0.3) is 0 Å². The number of hydrogen-bond acceptors (Lipinski definition) is 4. The van der Waals surface area contributed by atoms with Gasteiger partial charge in [0.15, 0.2) is 0 Å². The first-order valence-corrected chi connectivity index (χ1v) is 7.43. The number of nitrogens with one attached hydrogen (secondary N) is 1. The molecule has 2 N–H and O–H groups in total. The topological polar surface area (TPSA) is 96.4 Å². The number of nitrogens with zero attached hydrogens (tertiary/aromatic N) is 1. The summed E-state index contributed by atoms with van der Waals surface area (Å²) in [7, 11) is -3.49. The third-order valence-electron chi connectivity index (χ3n) is 2.38. The van der Waals surface area contributed by atoms with Crippen molar-refractivity contribution in [1.82, 2.24) is 4.98 Å². The van der Waals surface area contributed by atoms with Crippen LogP contribution in [0.1, 0.15) is 37.6 Å². The highest BCUT2D eigenvalue weighted by molar-refractivity contribution is 7.92. The fourth-order valence-electron chi connectivity index (χ4n) is 1.28. The second kappa shape index (κ2) is 5.56. The average Bonchev–Trinajstić information content (AvgIpc) is 2.25. The summed E-state index contributed by atoms with van der Waals surface area (Å²) in [5, 5.41) is 8.80. The van der Waals surface area contributed by atoms with E-state index in [0.29, 0.717) is 6.42 Å². The predicted octanol–water partition coefficient (Wildman–Crippen LogP) is 1.96. The molecule has 0 atom stereocenters. The van der Waals surface area contributed by atoms with Crippen LogP contribution >= 0.6 is 0 Å². The maximum Gasteiger partial charge on any atom is 0.337 e. The molecule has 0 saturated carbocycles. The molecule has 106 valence electrons. The van der Waals surface area contributed by atoms with Crippen molar-refractivity contribution in [1.29, 1.82) is 0 Å². The van der Waals surface area contributed by atoms with Crippen LogP contribution < -0.4 is 4.72 Å². The van der Waals surface area contributed by atoms with Gasteiger partial charge in [0, 0.05) is 6.20 Å². The molecule has 1 aromatic heterocycles. The van der Waals surface area contributed by atoms with Gasteiger partial charge in [-0.3, -0.25) is 9.71 Å². The van der Waals surface area contributed by atoms with E-state index in [2.05, 4.69) is 9.71 Å². The third kappa shape index (κ3) is 5.69. The second-order valence-electron chi connectivity index (χ2n) is 5.50. The Morgan fingerprint density at radius 3 is 2.53 bits per heavy atom. The number of pyridine rings is 1. The highest BCUT2D eigenvalue weighted by atomic mass is 32.2. The highest BCUT2D eigenvalue weighted by Crippen LogP contribution is 2.20. The Morgan fingerprint density at radius 1 is 1.37 bits per heavy atom. The van der Waals surface area contributed by atoms with E-state index in [1.165, 1.54) is 12.3 Å². The zero-order valence-corrected chi connectivity index (χ0v) is 12.0. The third-order valence-corrected chi connectivity index (χ3v) is 3.67. The maximum atomic E-state index is 11.8. The molecule has 0 radical (unpaired) electrons. The fraction of sp³-hybridized carbons (Fsp3) is 0.500. The van der Waals surface area contributed by atoms with E-state index in [1.807, 2.05) is 20.8 Å². The van der Waals surface area contributed by atoms with Crippen molar-refractivity contribution < 1.29 is 18.3 Å². The normalized spacial score (nSPS) is 12.2. The zero-order chi connectivity index (χ0) is 14.7. The molecule has 0 bridgehead atoms. The molecule has 0 aliphatic carbocycles. The lowest BCUT2D eigenvalue weighted by atomic mass is 9.94. The van der Waals surface area contributed by atoms with Crippen LogP contribution in [-0.2, 0) is 10.0 Å². The number of anilines is 1. The fourth-order valence-corrected chi connectivity index (χ4v) is 2.74. The lowest BCUT2D eigenvalue weighted by molar-refractivity contribution is 0.0696. The van der Waals surface area contributed by atoms with Crippen LogP contribution in [0.2, 0.25) is 0 Å². The van der Waals surface area contributed by atoms with E-state index in [0.717, 1.165) is 6.20 Å². The summed E-state index contributed by atoms with van der Waals surface area (Å²) in [5.41, 5.74) is 0.0143. The standard InChI is InChI=1S/C12H18N2O4S/c1-12(2,3)4-5-19(17,18)14-10-6-9(11(15)16)7-13-8-10/h6-8,14H,4-5H2,1-3H3,(H,15,16). The zero-order valence-electron chi connectivity index (χ0n) is 11.2. The molecule has 0 unspecified atom stereocenters. The van der Waals surface area contributed by atoms with Gasteiger partial charge in [0.1, 0.15) is 0 Å². The number of carbonyl (C=O) groups is 1. The number of rotatable bonds is 5. The summed E-state index contributed by atoms with van der Waals surface area (Å²) >= 11 is 0. The molecule has 1 rings (SSSR count). The van der Waals surface area contributed by atoms with Gasteiger partial charge in [-0.15, -0.1) is 0 Å². The Labute approximate surface area is 112 Å². The van der Waals surface area contributed by atoms with Gasteiger partial charge in [-0.1, -0.05) is 20.8 Å². The van der Waals surface area contributed by atoms with E-state index >= 15 is 0 Å². The number of sulfonamides is 1. The van der Waals surface area contributed by atoms with E-state index in [9.17, 15) is 13.2 Å². The van der Waals surface area contributed by atoms with Crippen molar-refractivity contribution in [3.63, 3.8) is 0 Å². The minimum atomic E-state index is -3.49. The molecular formula is C12H18N2O4S. The Kier molecular flexibility index (Phi) is 4.52. The van der Waals surface area contributed by atoms with Crippen LogP contribution in [0.5, 0.6) is 0 Å². The van der Waals surface area contributed by atoms with E-state index < -0.39 is 16.0 Å². The van der Waals surface area contributed by atoms with Crippen LogP contribution in [0, 0.1) is 5.41 Å². The van der Waals surface area contributed by atoms with Crippen molar-refractivity contribution in [2.24, 2.45) is 5.41 Å². The summed E-state index contributed by atoms with van der Waals surface area (Å²) in [5.74, 6) is -1.17. The lowest BCUT2D eigenvalue weighted by Crippen LogP contribution is -2.21. The van der Waals surface area contributed by atoms with E-state index in [-0.39, 0.29) is 22.4 Å². The second-order valence-corrected chi connectivity index (χ2v) is 7.34. The quantitative estimate of drug-likeness (QED) is 0.862. The SMILES string of the molecule is CC(C)(C)CCS(=O)(=O)Nc1cncc(C(=O)O)c1. The maximum absolute atomic E-state index is 11.8. The van der Waals surface area contributed by atoms with Gasteiger partial charge in [0.05, 0.1) is 23.2 Å². The summed E-state index contributed by atoms with van der Waals surface area (Å²) in [4.78, 5) is 14.4. The van der Waals surface area contributed by atoms with Crippen molar-refractivity contribution in [2.45, 2.75) is 27.2 Å². The van der Waals surface area contributed by atoms with Crippen molar-refractivity contribution in [3.05, 3.63) is 24.0 Å². The van der Waals surface area contributed by atoms with Gasteiger partial charge in [-0.05, 0) is 17.9 Å². The van der Waals surface area contributed by atoms with E-state index in [4.69, 9.17) is 5.11 Å². The number of aromatic nitrogens is 1. The monoisotopic (exact) mass is 286 g/mol. The van der Waals surface area contributed by atoms with Gasteiger partial charge in [0.2, 0.25) is 10.0 Å². The summed E-state index contributed by atoms with van der Waals surface area (Å²) in [6.45, 7) is 5.86. The Balaban J connectivity index is 2.78. The van der Waals surface area contributed by atoms with Gasteiger partial charge in [-0.25, -0.2) is 13.2 Å². The minimum Gasteiger partial charge on any atom is -0.478 e. The molecule has 0 fully saturated rings. The summed E-state index contributed by atoms with van der Waals surface area (Å²) in [6, 6.07) is 1.24. The van der Waals surface area contributed by atoms with Crippen LogP contribution in [0.4, 0.5) is 5.69 Å².